The van der Waals surface area contributed by atoms with Gasteiger partial charge in [0.05, 0.1) is 25.6 Å². The topological polar surface area (TPSA) is 60.5 Å². The van der Waals surface area contributed by atoms with Crippen molar-refractivity contribution in [2.45, 2.75) is 13.8 Å². The van der Waals surface area contributed by atoms with Gasteiger partial charge >= 0.3 is 0 Å². The molecule has 3 aromatic rings. The van der Waals surface area contributed by atoms with E-state index in [1.54, 1.807) is 14.2 Å². The van der Waals surface area contributed by atoms with Crippen molar-refractivity contribution in [3.63, 3.8) is 0 Å². The number of amides is 1. The molecule has 1 amide bonds. The molecule has 2 aromatic carbocycles. The van der Waals surface area contributed by atoms with Gasteiger partial charge in [-0.2, -0.15) is 0 Å². The van der Waals surface area contributed by atoms with Crippen LogP contribution in [0.5, 0.6) is 11.5 Å². The molecule has 0 saturated carbocycles. The maximum absolute atomic E-state index is 12.7. The average Bonchev–Trinajstić information content (AvgIpc) is 3.04. The van der Waals surface area contributed by atoms with Gasteiger partial charge in [0.1, 0.15) is 21.4 Å². The third-order valence-electron chi connectivity index (χ3n) is 3.94. The third kappa shape index (κ3) is 3.70. The summed E-state index contributed by atoms with van der Waals surface area (Å²) < 4.78 is 10.5. The first kappa shape index (κ1) is 17.9. The van der Waals surface area contributed by atoms with Crippen LogP contribution >= 0.6 is 11.3 Å². The fraction of sp³-hybridized carbons (Fsp3) is 0.200. The Morgan fingerprint density at radius 3 is 2.42 bits per heavy atom. The van der Waals surface area contributed by atoms with E-state index < -0.39 is 0 Å². The van der Waals surface area contributed by atoms with Gasteiger partial charge in [-0.3, -0.25) is 4.79 Å². The summed E-state index contributed by atoms with van der Waals surface area (Å²) >= 11 is 1.37. The molecule has 3 rings (SSSR count). The Labute approximate surface area is 156 Å². The van der Waals surface area contributed by atoms with E-state index in [0.29, 0.717) is 22.0 Å². The number of aryl methyl sites for hydroxylation is 2. The van der Waals surface area contributed by atoms with Crippen LogP contribution in [0.1, 0.15) is 20.9 Å². The molecule has 0 aliphatic rings. The highest BCUT2D eigenvalue weighted by Gasteiger charge is 2.18. The van der Waals surface area contributed by atoms with Crippen LogP contribution in [0.4, 0.5) is 5.69 Å². The molecule has 0 aliphatic heterocycles. The number of hydrogen-bond acceptors (Lipinski definition) is 5. The van der Waals surface area contributed by atoms with E-state index in [2.05, 4.69) is 10.3 Å². The van der Waals surface area contributed by atoms with Crippen molar-refractivity contribution in [3.8, 4) is 22.1 Å². The largest absolute Gasteiger partial charge is 0.497 e. The Morgan fingerprint density at radius 2 is 1.77 bits per heavy atom. The summed E-state index contributed by atoms with van der Waals surface area (Å²) in [6, 6.07) is 13.3. The Hall–Kier alpha value is -2.86. The number of anilines is 1. The van der Waals surface area contributed by atoms with Gasteiger partial charge in [0.25, 0.3) is 5.91 Å². The lowest BCUT2D eigenvalue weighted by atomic mass is 10.2. The number of ether oxygens (including phenoxy) is 2. The van der Waals surface area contributed by atoms with Crippen molar-refractivity contribution in [3.05, 3.63) is 58.6 Å². The van der Waals surface area contributed by atoms with Gasteiger partial charge in [-0.15, -0.1) is 11.3 Å². The molecular formula is C20H20N2O3S. The number of aromatic nitrogens is 1. The number of methoxy groups -OCH3 is 2. The second-order valence-corrected chi connectivity index (χ2v) is 6.82. The molecular weight excluding hydrogens is 348 g/mol. The molecule has 1 aromatic heterocycles. The molecule has 0 aliphatic carbocycles. The predicted molar refractivity (Wildman–Crippen MR) is 105 cm³/mol. The second-order valence-electron chi connectivity index (χ2n) is 5.82. The van der Waals surface area contributed by atoms with Crippen molar-refractivity contribution in [1.82, 2.24) is 4.98 Å². The standard InChI is InChI=1S/C20H20N2O3S/c1-12-5-10-17(25-4)16(11-12)22-19(23)18-13(2)21-20(26-18)14-6-8-15(24-3)9-7-14/h5-11H,1-4H3,(H,22,23). The predicted octanol–water partition coefficient (Wildman–Crippen LogP) is 4.70. The Bertz CT molecular complexity index is 933. The quantitative estimate of drug-likeness (QED) is 0.709. The summed E-state index contributed by atoms with van der Waals surface area (Å²) in [6.07, 6.45) is 0. The van der Waals surface area contributed by atoms with Gasteiger partial charge in [0.15, 0.2) is 0 Å². The minimum absolute atomic E-state index is 0.191. The first-order chi connectivity index (χ1) is 12.5. The fourth-order valence-corrected chi connectivity index (χ4v) is 3.53. The summed E-state index contributed by atoms with van der Waals surface area (Å²) in [4.78, 5) is 17.9. The van der Waals surface area contributed by atoms with Crippen molar-refractivity contribution < 1.29 is 14.3 Å². The lowest BCUT2D eigenvalue weighted by molar-refractivity contribution is 0.102. The number of carbonyl (C=O) groups is 1. The highest BCUT2D eigenvalue weighted by Crippen LogP contribution is 2.31. The zero-order valence-electron chi connectivity index (χ0n) is 15.1. The van der Waals surface area contributed by atoms with Crippen molar-refractivity contribution in [2.75, 3.05) is 19.5 Å². The molecule has 0 fully saturated rings. The first-order valence-corrected chi connectivity index (χ1v) is 8.91. The minimum Gasteiger partial charge on any atom is -0.497 e. The summed E-state index contributed by atoms with van der Waals surface area (Å²) in [7, 11) is 3.21. The normalized spacial score (nSPS) is 10.5. The summed E-state index contributed by atoms with van der Waals surface area (Å²) in [6.45, 7) is 3.81. The number of nitrogens with one attached hydrogen (secondary N) is 1. The molecule has 0 unspecified atom stereocenters. The van der Waals surface area contributed by atoms with Gasteiger partial charge in [-0.1, -0.05) is 6.07 Å². The van der Waals surface area contributed by atoms with Crippen LogP contribution in [0.3, 0.4) is 0 Å². The van der Waals surface area contributed by atoms with Crippen molar-refractivity contribution in [1.29, 1.82) is 0 Å². The molecule has 0 saturated heterocycles. The Kier molecular flexibility index (Phi) is 5.23. The zero-order chi connectivity index (χ0) is 18.7. The monoisotopic (exact) mass is 368 g/mol. The maximum Gasteiger partial charge on any atom is 0.267 e. The van der Waals surface area contributed by atoms with Crippen LogP contribution in [-0.2, 0) is 0 Å². The Morgan fingerprint density at radius 1 is 1.04 bits per heavy atom. The first-order valence-electron chi connectivity index (χ1n) is 8.09. The van der Waals surface area contributed by atoms with E-state index in [0.717, 1.165) is 21.9 Å². The van der Waals surface area contributed by atoms with E-state index in [-0.39, 0.29) is 5.91 Å². The van der Waals surface area contributed by atoms with Crippen molar-refractivity contribution >= 4 is 22.9 Å². The zero-order valence-corrected chi connectivity index (χ0v) is 15.9. The lowest BCUT2D eigenvalue weighted by Gasteiger charge is -2.10. The molecule has 0 radical (unpaired) electrons. The summed E-state index contributed by atoms with van der Waals surface area (Å²) in [5, 5.41) is 3.73. The third-order valence-corrected chi connectivity index (χ3v) is 5.15. The Balaban J connectivity index is 1.86. The number of carbonyl (C=O) groups excluding carboxylic acids is 1. The number of rotatable bonds is 5. The van der Waals surface area contributed by atoms with Gasteiger partial charge in [0, 0.05) is 5.56 Å². The molecule has 26 heavy (non-hydrogen) atoms. The van der Waals surface area contributed by atoms with E-state index >= 15 is 0 Å². The maximum atomic E-state index is 12.7. The van der Waals surface area contributed by atoms with Gasteiger partial charge < -0.3 is 14.8 Å². The van der Waals surface area contributed by atoms with Crippen LogP contribution in [0.2, 0.25) is 0 Å². The molecule has 5 nitrogen and oxygen atoms in total. The number of thiazole rings is 1. The highest BCUT2D eigenvalue weighted by molar-refractivity contribution is 7.17. The molecule has 0 atom stereocenters. The van der Waals surface area contributed by atoms with Crippen LogP contribution in [0.25, 0.3) is 10.6 Å². The van der Waals surface area contributed by atoms with Crippen LogP contribution < -0.4 is 14.8 Å². The minimum atomic E-state index is -0.191. The summed E-state index contributed by atoms with van der Waals surface area (Å²) in [5.41, 5.74) is 3.34. The van der Waals surface area contributed by atoms with Crippen molar-refractivity contribution in [2.24, 2.45) is 0 Å². The number of benzene rings is 2. The second kappa shape index (κ2) is 7.58. The van der Waals surface area contributed by atoms with Gasteiger partial charge in [0.2, 0.25) is 0 Å². The highest BCUT2D eigenvalue weighted by atomic mass is 32.1. The molecule has 1 N–H and O–H groups in total. The van der Waals surface area contributed by atoms with E-state index in [1.165, 1.54) is 11.3 Å². The summed E-state index contributed by atoms with van der Waals surface area (Å²) in [5.74, 6) is 1.22. The number of nitrogens with zero attached hydrogens (tertiary/aromatic N) is 1. The van der Waals surface area contributed by atoms with E-state index in [4.69, 9.17) is 9.47 Å². The smallest absolute Gasteiger partial charge is 0.267 e. The van der Waals surface area contributed by atoms with Crippen LogP contribution in [0, 0.1) is 13.8 Å². The molecule has 1 heterocycles. The fourth-order valence-electron chi connectivity index (χ4n) is 2.56. The van der Waals surface area contributed by atoms with E-state index in [9.17, 15) is 4.79 Å². The SMILES string of the molecule is COc1ccc(-c2nc(C)c(C(=O)Nc3cc(C)ccc3OC)s2)cc1. The van der Waals surface area contributed by atoms with E-state index in [1.807, 2.05) is 56.3 Å². The average molecular weight is 368 g/mol. The number of hydrogen-bond donors (Lipinski definition) is 1. The lowest BCUT2D eigenvalue weighted by Crippen LogP contribution is -2.12. The van der Waals surface area contributed by atoms with Gasteiger partial charge in [-0.25, -0.2) is 4.98 Å². The molecule has 0 bridgehead atoms. The van der Waals surface area contributed by atoms with Crippen LogP contribution in [0.15, 0.2) is 42.5 Å². The van der Waals surface area contributed by atoms with Gasteiger partial charge in [-0.05, 0) is 55.8 Å². The van der Waals surface area contributed by atoms with Crippen LogP contribution in [-0.4, -0.2) is 25.1 Å². The molecule has 6 heteroatoms. The molecule has 134 valence electrons. The molecule has 0 spiro atoms.